The van der Waals surface area contributed by atoms with E-state index in [1.54, 1.807) is 18.0 Å². The van der Waals surface area contributed by atoms with Crippen molar-refractivity contribution in [1.82, 2.24) is 10.3 Å². The molecule has 0 bridgehead atoms. The van der Waals surface area contributed by atoms with E-state index in [2.05, 4.69) is 48.4 Å². The van der Waals surface area contributed by atoms with Gasteiger partial charge in [0.15, 0.2) is 0 Å². The maximum absolute atomic E-state index is 5.40. The molecule has 1 N–H and O–H groups in total. The van der Waals surface area contributed by atoms with Gasteiger partial charge in [-0.2, -0.15) is 0 Å². The summed E-state index contributed by atoms with van der Waals surface area (Å²) in [6.07, 6.45) is 2.83. The molecule has 2 aromatic rings. The number of nitrogens with one attached hydrogen (secondary N) is 1. The zero-order valence-corrected chi connectivity index (χ0v) is 13.2. The lowest BCUT2D eigenvalue weighted by Gasteiger charge is -2.18. The van der Waals surface area contributed by atoms with Gasteiger partial charge in [0.2, 0.25) is 0 Å². The Bertz CT molecular complexity index is 522. The van der Waals surface area contributed by atoms with Crippen LogP contribution in [0.15, 0.2) is 40.2 Å². The van der Waals surface area contributed by atoms with Gasteiger partial charge in [0.1, 0.15) is 6.26 Å². The summed E-state index contributed by atoms with van der Waals surface area (Å²) < 4.78 is 5.40. The van der Waals surface area contributed by atoms with Crippen molar-refractivity contribution in [1.29, 1.82) is 0 Å². The van der Waals surface area contributed by atoms with Crippen LogP contribution in [0, 0.1) is 13.8 Å². The molecule has 0 spiro atoms. The summed E-state index contributed by atoms with van der Waals surface area (Å²) >= 11 is 1.66. The summed E-state index contributed by atoms with van der Waals surface area (Å²) in [5.41, 5.74) is 3.54. The number of hydrogen-bond donors (Lipinski definition) is 1. The molecular weight excluding hydrogens is 268 g/mol. The van der Waals surface area contributed by atoms with Crippen LogP contribution in [0.25, 0.3) is 0 Å². The van der Waals surface area contributed by atoms with E-state index in [4.69, 9.17) is 4.42 Å². The molecule has 2 rings (SSSR count). The van der Waals surface area contributed by atoms with Gasteiger partial charge in [-0.25, -0.2) is 4.98 Å². The van der Waals surface area contributed by atoms with Crippen molar-refractivity contribution in [2.75, 3.05) is 12.3 Å². The minimum Gasteiger partial charge on any atom is -0.440 e. The van der Waals surface area contributed by atoms with Gasteiger partial charge in [0.05, 0.1) is 5.69 Å². The third kappa shape index (κ3) is 4.39. The smallest absolute Gasteiger partial charge is 0.255 e. The minimum absolute atomic E-state index is 0.327. The van der Waals surface area contributed by atoms with Crippen molar-refractivity contribution >= 4 is 11.8 Å². The van der Waals surface area contributed by atoms with Crippen molar-refractivity contribution in [2.45, 2.75) is 38.5 Å². The second-order valence-corrected chi connectivity index (χ2v) is 5.95. The van der Waals surface area contributed by atoms with Gasteiger partial charge in [-0.05, 0) is 32.4 Å². The Morgan fingerprint density at radius 1 is 1.25 bits per heavy atom. The van der Waals surface area contributed by atoms with Gasteiger partial charge in [-0.1, -0.05) is 48.5 Å². The molecule has 0 amide bonds. The second kappa shape index (κ2) is 7.50. The van der Waals surface area contributed by atoms with Crippen molar-refractivity contribution in [2.24, 2.45) is 0 Å². The van der Waals surface area contributed by atoms with Gasteiger partial charge < -0.3 is 9.73 Å². The number of thioether (sulfide) groups is 1. The van der Waals surface area contributed by atoms with Crippen molar-refractivity contribution in [3.63, 3.8) is 0 Å². The van der Waals surface area contributed by atoms with E-state index in [9.17, 15) is 0 Å². The molecule has 1 atom stereocenters. The number of aromatic nitrogens is 1. The highest BCUT2D eigenvalue weighted by molar-refractivity contribution is 7.99. The zero-order chi connectivity index (χ0) is 14.4. The SMILES string of the molecule is CCCNC(CSc1nc(C)co1)c1ccc(C)cc1. The molecule has 1 unspecified atom stereocenters. The second-order valence-electron chi connectivity index (χ2n) is 4.98. The molecule has 0 saturated carbocycles. The lowest BCUT2D eigenvalue weighted by molar-refractivity contribution is 0.453. The zero-order valence-electron chi connectivity index (χ0n) is 12.3. The first-order valence-electron chi connectivity index (χ1n) is 7.04. The van der Waals surface area contributed by atoms with E-state index in [1.807, 2.05) is 6.92 Å². The third-order valence-electron chi connectivity index (χ3n) is 3.09. The normalized spacial score (nSPS) is 12.6. The minimum atomic E-state index is 0.327. The Morgan fingerprint density at radius 3 is 2.60 bits per heavy atom. The van der Waals surface area contributed by atoms with E-state index in [0.29, 0.717) is 6.04 Å². The molecule has 0 fully saturated rings. The molecule has 108 valence electrons. The molecule has 1 aromatic heterocycles. The summed E-state index contributed by atoms with van der Waals surface area (Å²) in [5.74, 6) is 0.920. The highest BCUT2D eigenvalue weighted by Gasteiger charge is 2.13. The highest BCUT2D eigenvalue weighted by Crippen LogP contribution is 2.24. The van der Waals surface area contributed by atoms with Crippen LogP contribution in [-0.2, 0) is 0 Å². The Balaban J connectivity index is 2.01. The lowest BCUT2D eigenvalue weighted by atomic mass is 10.1. The van der Waals surface area contributed by atoms with Crippen LogP contribution in [0.4, 0.5) is 0 Å². The van der Waals surface area contributed by atoms with E-state index < -0.39 is 0 Å². The Labute approximate surface area is 125 Å². The molecule has 0 aliphatic carbocycles. The summed E-state index contributed by atoms with van der Waals surface area (Å²) in [6, 6.07) is 9.05. The summed E-state index contributed by atoms with van der Waals surface area (Å²) in [4.78, 5) is 4.34. The average Bonchev–Trinajstić information content (AvgIpc) is 2.86. The molecule has 0 aliphatic heterocycles. The van der Waals surface area contributed by atoms with Gasteiger partial charge in [-0.3, -0.25) is 0 Å². The molecule has 20 heavy (non-hydrogen) atoms. The maximum Gasteiger partial charge on any atom is 0.255 e. The van der Waals surface area contributed by atoms with Crippen molar-refractivity contribution in [3.05, 3.63) is 47.3 Å². The summed E-state index contributed by atoms with van der Waals surface area (Å²) in [6.45, 7) is 7.26. The van der Waals surface area contributed by atoms with Crippen LogP contribution in [0.5, 0.6) is 0 Å². The van der Waals surface area contributed by atoms with Crippen LogP contribution in [0.2, 0.25) is 0 Å². The van der Waals surface area contributed by atoms with Crippen LogP contribution < -0.4 is 5.32 Å². The lowest BCUT2D eigenvalue weighted by Crippen LogP contribution is -2.24. The predicted molar refractivity (Wildman–Crippen MR) is 84.2 cm³/mol. The van der Waals surface area contributed by atoms with E-state index in [0.717, 1.165) is 29.6 Å². The number of rotatable bonds is 7. The van der Waals surface area contributed by atoms with E-state index >= 15 is 0 Å². The van der Waals surface area contributed by atoms with Crippen LogP contribution in [0.1, 0.15) is 36.2 Å². The average molecular weight is 290 g/mol. The summed E-state index contributed by atoms with van der Waals surface area (Å²) in [7, 11) is 0. The molecule has 3 nitrogen and oxygen atoms in total. The van der Waals surface area contributed by atoms with Crippen LogP contribution in [-0.4, -0.2) is 17.3 Å². The van der Waals surface area contributed by atoms with Crippen molar-refractivity contribution in [3.8, 4) is 0 Å². The van der Waals surface area contributed by atoms with Gasteiger partial charge in [0, 0.05) is 11.8 Å². The molecule has 1 heterocycles. The molecule has 1 aromatic carbocycles. The van der Waals surface area contributed by atoms with E-state index in [1.165, 1.54) is 11.1 Å². The van der Waals surface area contributed by atoms with Gasteiger partial charge in [0.25, 0.3) is 5.22 Å². The number of aryl methyl sites for hydroxylation is 2. The van der Waals surface area contributed by atoms with Crippen molar-refractivity contribution < 1.29 is 4.42 Å². The van der Waals surface area contributed by atoms with Crippen LogP contribution in [0.3, 0.4) is 0 Å². The Morgan fingerprint density at radius 2 is 2.00 bits per heavy atom. The van der Waals surface area contributed by atoms with Gasteiger partial charge in [-0.15, -0.1) is 0 Å². The number of hydrogen-bond acceptors (Lipinski definition) is 4. The number of benzene rings is 1. The first kappa shape index (κ1) is 15.1. The quantitative estimate of drug-likeness (QED) is 0.778. The maximum atomic E-state index is 5.40. The van der Waals surface area contributed by atoms with E-state index in [-0.39, 0.29) is 0 Å². The monoisotopic (exact) mass is 290 g/mol. The molecule has 0 aliphatic rings. The highest BCUT2D eigenvalue weighted by atomic mass is 32.2. The fourth-order valence-corrected chi connectivity index (χ4v) is 2.89. The Kier molecular flexibility index (Phi) is 5.68. The topological polar surface area (TPSA) is 38.1 Å². The fourth-order valence-electron chi connectivity index (χ4n) is 1.94. The standard InChI is InChI=1S/C16H22N2OS/c1-4-9-17-15(14-7-5-12(2)6-8-14)11-20-16-18-13(3)10-19-16/h5-8,10,15,17H,4,9,11H2,1-3H3. The van der Waals surface area contributed by atoms with Gasteiger partial charge >= 0.3 is 0 Å². The Hall–Kier alpha value is -1.26. The largest absolute Gasteiger partial charge is 0.440 e. The number of nitrogens with zero attached hydrogens (tertiary/aromatic N) is 1. The predicted octanol–water partition coefficient (Wildman–Crippen LogP) is 4.12. The van der Waals surface area contributed by atoms with Crippen LogP contribution >= 0.6 is 11.8 Å². The summed E-state index contributed by atoms with van der Waals surface area (Å²) in [5, 5.41) is 4.34. The first-order valence-corrected chi connectivity index (χ1v) is 8.02. The molecule has 4 heteroatoms. The third-order valence-corrected chi connectivity index (χ3v) is 4.03. The molecule has 0 radical (unpaired) electrons. The molecular formula is C16H22N2OS. The first-order chi connectivity index (χ1) is 9.69. The fraction of sp³-hybridized carbons (Fsp3) is 0.438. The number of oxazole rings is 1. The molecule has 0 saturated heterocycles.